The van der Waals surface area contributed by atoms with Crippen molar-refractivity contribution in [2.75, 3.05) is 18.5 Å². The second kappa shape index (κ2) is 6.27. The van der Waals surface area contributed by atoms with E-state index in [2.05, 4.69) is 35.4 Å². The van der Waals surface area contributed by atoms with E-state index in [0.717, 1.165) is 28.9 Å². The van der Waals surface area contributed by atoms with Crippen molar-refractivity contribution in [3.05, 3.63) is 66.4 Å². The Hall–Kier alpha value is -2.55. The summed E-state index contributed by atoms with van der Waals surface area (Å²) in [7, 11) is 0. The van der Waals surface area contributed by atoms with Crippen LogP contribution in [0.1, 0.15) is 5.56 Å². The zero-order chi connectivity index (χ0) is 14.5. The fraction of sp³-hybridized carbons (Fsp3) is 0.167. The number of nitrogens with zero attached hydrogens (tertiary/aromatic N) is 1. The molecule has 0 aliphatic heterocycles. The molecule has 3 nitrogen and oxygen atoms in total. The lowest BCUT2D eigenvalue weighted by molar-refractivity contribution is 0.336. The van der Waals surface area contributed by atoms with Gasteiger partial charge in [-0.05, 0) is 36.8 Å². The molecule has 0 saturated heterocycles. The van der Waals surface area contributed by atoms with Gasteiger partial charge in [0.2, 0.25) is 0 Å². The minimum absolute atomic E-state index is 0.601. The third kappa shape index (κ3) is 3.31. The molecule has 0 spiro atoms. The summed E-state index contributed by atoms with van der Waals surface area (Å²) in [4.78, 5) is 4.38. The number of nitrogens with one attached hydrogen (secondary N) is 1. The average Bonchev–Trinajstić information content (AvgIpc) is 2.52. The Kier molecular flexibility index (Phi) is 4.01. The summed E-state index contributed by atoms with van der Waals surface area (Å²) in [6.45, 7) is 3.44. The number of para-hydroxylation sites is 1. The Morgan fingerprint density at radius 2 is 1.90 bits per heavy atom. The Morgan fingerprint density at radius 3 is 2.81 bits per heavy atom. The van der Waals surface area contributed by atoms with Crippen LogP contribution in [0.2, 0.25) is 0 Å². The van der Waals surface area contributed by atoms with Gasteiger partial charge in [-0.1, -0.05) is 30.3 Å². The Balaban J connectivity index is 1.60. The molecule has 1 aromatic heterocycles. The van der Waals surface area contributed by atoms with E-state index < -0.39 is 0 Å². The van der Waals surface area contributed by atoms with Gasteiger partial charge in [0.1, 0.15) is 17.9 Å². The van der Waals surface area contributed by atoms with Gasteiger partial charge in [-0.15, -0.1) is 0 Å². The van der Waals surface area contributed by atoms with Crippen molar-refractivity contribution in [1.29, 1.82) is 0 Å². The molecule has 0 fully saturated rings. The number of fused-ring (bicyclic) bond motifs is 1. The van der Waals surface area contributed by atoms with Gasteiger partial charge in [0, 0.05) is 23.8 Å². The van der Waals surface area contributed by atoms with E-state index in [9.17, 15) is 0 Å². The monoisotopic (exact) mass is 278 g/mol. The van der Waals surface area contributed by atoms with Crippen LogP contribution in [-0.2, 0) is 0 Å². The first-order chi connectivity index (χ1) is 10.3. The number of aromatic nitrogens is 1. The Bertz CT molecular complexity index is 735. The second-order valence-electron chi connectivity index (χ2n) is 4.98. The first-order valence-electron chi connectivity index (χ1n) is 7.10. The number of pyridine rings is 1. The van der Waals surface area contributed by atoms with Crippen LogP contribution in [0.25, 0.3) is 10.9 Å². The molecule has 3 heteroatoms. The van der Waals surface area contributed by atoms with Crippen LogP contribution in [0.4, 0.5) is 5.69 Å². The zero-order valence-electron chi connectivity index (χ0n) is 12.0. The molecule has 0 saturated carbocycles. The van der Waals surface area contributed by atoms with Crippen molar-refractivity contribution in [1.82, 2.24) is 4.98 Å². The van der Waals surface area contributed by atoms with E-state index in [4.69, 9.17) is 4.74 Å². The summed E-state index contributed by atoms with van der Waals surface area (Å²) in [5.74, 6) is 0.833. The highest BCUT2D eigenvalue weighted by Crippen LogP contribution is 2.22. The van der Waals surface area contributed by atoms with Crippen molar-refractivity contribution >= 4 is 16.6 Å². The number of hydrogen-bond acceptors (Lipinski definition) is 3. The fourth-order valence-electron chi connectivity index (χ4n) is 2.30. The van der Waals surface area contributed by atoms with E-state index in [1.54, 1.807) is 6.20 Å². The average molecular weight is 278 g/mol. The highest BCUT2D eigenvalue weighted by atomic mass is 16.5. The predicted octanol–water partition coefficient (Wildman–Crippen LogP) is 4.03. The summed E-state index contributed by atoms with van der Waals surface area (Å²) >= 11 is 0. The first kappa shape index (κ1) is 13.4. The number of hydrogen-bond donors (Lipinski definition) is 1. The fourth-order valence-corrected chi connectivity index (χ4v) is 2.30. The maximum absolute atomic E-state index is 5.85. The molecule has 21 heavy (non-hydrogen) atoms. The van der Waals surface area contributed by atoms with Gasteiger partial charge in [0.25, 0.3) is 0 Å². The van der Waals surface area contributed by atoms with Gasteiger partial charge in [0.15, 0.2) is 0 Å². The van der Waals surface area contributed by atoms with Gasteiger partial charge >= 0.3 is 0 Å². The second-order valence-corrected chi connectivity index (χ2v) is 4.98. The predicted molar refractivity (Wildman–Crippen MR) is 86.9 cm³/mol. The van der Waals surface area contributed by atoms with Gasteiger partial charge in [-0.3, -0.25) is 4.98 Å². The van der Waals surface area contributed by atoms with Crippen LogP contribution >= 0.6 is 0 Å². The molecule has 0 aliphatic rings. The molecule has 0 aliphatic carbocycles. The quantitative estimate of drug-likeness (QED) is 0.715. The Labute approximate surface area is 124 Å². The van der Waals surface area contributed by atoms with Gasteiger partial charge in [0.05, 0.1) is 0 Å². The normalized spacial score (nSPS) is 10.5. The van der Waals surface area contributed by atoms with E-state index in [1.165, 1.54) is 5.56 Å². The lowest BCUT2D eigenvalue weighted by atomic mass is 10.2. The minimum Gasteiger partial charge on any atom is -0.489 e. The molecule has 1 heterocycles. The molecule has 0 amide bonds. The maximum Gasteiger partial charge on any atom is 0.145 e. The van der Waals surface area contributed by atoms with Crippen molar-refractivity contribution < 1.29 is 4.74 Å². The van der Waals surface area contributed by atoms with Crippen LogP contribution in [0.3, 0.4) is 0 Å². The Morgan fingerprint density at radius 1 is 1.05 bits per heavy atom. The molecule has 0 atom stereocenters. The van der Waals surface area contributed by atoms with Crippen molar-refractivity contribution in [3.8, 4) is 5.75 Å². The zero-order valence-corrected chi connectivity index (χ0v) is 12.0. The van der Waals surface area contributed by atoms with Crippen molar-refractivity contribution in [3.63, 3.8) is 0 Å². The summed E-state index contributed by atoms with van der Waals surface area (Å²) in [6, 6.07) is 18.3. The number of aryl methyl sites for hydroxylation is 1. The van der Waals surface area contributed by atoms with E-state index in [1.807, 2.05) is 36.4 Å². The summed E-state index contributed by atoms with van der Waals surface area (Å²) in [5.41, 5.74) is 3.28. The molecular weight excluding hydrogens is 260 g/mol. The molecule has 106 valence electrons. The van der Waals surface area contributed by atoms with Crippen LogP contribution in [0.5, 0.6) is 5.75 Å². The van der Waals surface area contributed by atoms with Crippen LogP contribution in [0.15, 0.2) is 60.8 Å². The number of benzene rings is 2. The first-order valence-corrected chi connectivity index (χ1v) is 7.10. The summed E-state index contributed by atoms with van der Waals surface area (Å²) in [5, 5.41) is 4.46. The highest BCUT2D eigenvalue weighted by molar-refractivity contribution is 5.84. The van der Waals surface area contributed by atoms with Crippen molar-refractivity contribution in [2.45, 2.75) is 6.92 Å². The van der Waals surface area contributed by atoms with E-state index in [0.29, 0.717) is 6.61 Å². The van der Waals surface area contributed by atoms with Gasteiger partial charge in [-0.2, -0.15) is 0 Å². The lowest BCUT2D eigenvalue weighted by Crippen LogP contribution is -2.11. The van der Waals surface area contributed by atoms with Crippen LogP contribution < -0.4 is 10.1 Å². The minimum atomic E-state index is 0.601. The van der Waals surface area contributed by atoms with Crippen molar-refractivity contribution in [2.24, 2.45) is 0 Å². The summed E-state index contributed by atoms with van der Waals surface area (Å²) < 4.78 is 5.85. The largest absolute Gasteiger partial charge is 0.489 e. The van der Waals surface area contributed by atoms with Gasteiger partial charge < -0.3 is 10.1 Å². The number of anilines is 1. The molecule has 2 aromatic carbocycles. The standard InChI is InChI=1S/C18H18N2O/c1-14-5-2-8-16(13-14)19-11-12-21-17-9-3-6-15-7-4-10-20-18(15)17/h2-10,13,19H,11-12H2,1H3. The number of rotatable bonds is 5. The summed E-state index contributed by atoms with van der Waals surface area (Å²) in [6.07, 6.45) is 1.79. The molecule has 3 aromatic rings. The highest BCUT2D eigenvalue weighted by Gasteiger charge is 2.02. The van der Waals surface area contributed by atoms with Crippen LogP contribution in [-0.4, -0.2) is 18.1 Å². The maximum atomic E-state index is 5.85. The third-order valence-corrected chi connectivity index (χ3v) is 3.30. The smallest absolute Gasteiger partial charge is 0.145 e. The SMILES string of the molecule is Cc1cccc(NCCOc2cccc3cccnc23)c1. The molecule has 1 N–H and O–H groups in total. The molecular formula is C18H18N2O. The molecule has 0 bridgehead atoms. The molecule has 3 rings (SSSR count). The molecule has 0 unspecified atom stereocenters. The lowest BCUT2D eigenvalue weighted by Gasteiger charge is -2.10. The topological polar surface area (TPSA) is 34.1 Å². The van der Waals surface area contributed by atoms with Gasteiger partial charge in [-0.25, -0.2) is 0 Å². The van der Waals surface area contributed by atoms with E-state index >= 15 is 0 Å². The van der Waals surface area contributed by atoms with Crippen LogP contribution in [0, 0.1) is 6.92 Å². The third-order valence-electron chi connectivity index (χ3n) is 3.30. The van der Waals surface area contributed by atoms with E-state index in [-0.39, 0.29) is 0 Å². The number of ether oxygens (including phenoxy) is 1. The molecule has 0 radical (unpaired) electrons.